The molecule has 112 valence electrons. The predicted molar refractivity (Wildman–Crippen MR) is 84.2 cm³/mol. The van der Waals surface area contributed by atoms with E-state index in [0.717, 1.165) is 16.8 Å². The Bertz CT molecular complexity index is 766. The minimum atomic E-state index is 0.0897. The second kappa shape index (κ2) is 6.39. The van der Waals surface area contributed by atoms with Gasteiger partial charge >= 0.3 is 0 Å². The molecular formula is C17H18N4O. The maximum Gasteiger partial charge on any atom is 0.227 e. The van der Waals surface area contributed by atoms with Gasteiger partial charge in [-0.05, 0) is 31.2 Å². The van der Waals surface area contributed by atoms with Gasteiger partial charge in [0.2, 0.25) is 5.91 Å². The molecule has 0 saturated heterocycles. The molecule has 0 bridgehead atoms. The third kappa shape index (κ3) is 2.98. The number of likely N-dealkylation sites (N-methyl/N-ethyl adjacent to an activating group) is 1. The highest BCUT2D eigenvalue weighted by Gasteiger charge is 2.15. The lowest BCUT2D eigenvalue weighted by Gasteiger charge is -2.20. The summed E-state index contributed by atoms with van der Waals surface area (Å²) in [5.41, 5.74) is 2.83. The van der Waals surface area contributed by atoms with Crippen LogP contribution in [0.25, 0.3) is 5.52 Å². The molecular weight excluding hydrogens is 276 g/mol. The highest BCUT2D eigenvalue weighted by molar-refractivity contribution is 5.81. The van der Waals surface area contributed by atoms with Crippen molar-refractivity contribution < 1.29 is 4.79 Å². The van der Waals surface area contributed by atoms with Gasteiger partial charge in [0, 0.05) is 24.5 Å². The summed E-state index contributed by atoms with van der Waals surface area (Å²) in [5.74, 6) is 0.0897. The Morgan fingerprint density at radius 2 is 2.09 bits per heavy atom. The lowest BCUT2D eigenvalue weighted by Crippen LogP contribution is -2.31. The Balaban J connectivity index is 1.74. The normalized spacial score (nSPS) is 10.8. The zero-order chi connectivity index (χ0) is 15.4. The zero-order valence-electron chi connectivity index (χ0n) is 12.5. The minimum absolute atomic E-state index is 0.0897. The van der Waals surface area contributed by atoms with E-state index in [9.17, 15) is 4.79 Å². The van der Waals surface area contributed by atoms with Crippen molar-refractivity contribution in [2.45, 2.75) is 19.9 Å². The molecule has 3 aromatic rings. The second-order valence-electron chi connectivity index (χ2n) is 5.11. The molecule has 3 heterocycles. The van der Waals surface area contributed by atoms with Gasteiger partial charge in [-0.3, -0.25) is 9.78 Å². The van der Waals surface area contributed by atoms with Crippen LogP contribution in [0.1, 0.15) is 18.2 Å². The molecule has 0 aliphatic carbocycles. The molecule has 0 spiro atoms. The largest absolute Gasteiger partial charge is 0.337 e. The van der Waals surface area contributed by atoms with Gasteiger partial charge in [0.15, 0.2) is 0 Å². The molecule has 0 aliphatic heterocycles. The van der Waals surface area contributed by atoms with Gasteiger partial charge in [-0.15, -0.1) is 0 Å². The molecule has 0 unspecified atom stereocenters. The number of carbonyl (C=O) groups is 1. The van der Waals surface area contributed by atoms with Crippen LogP contribution in [0.15, 0.2) is 55.0 Å². The van der Waals surface area contributed by atoms with Crippen molar-refractivity contribution >= 4 is 11.4 Å². The quantitative estimate of drug-likeness (QED) is 0.725. The third-order valence-corrected chi connectivity index (χ3v) is 3.66. The maximum atomic E-state index is 12.6. The van der Waals surface area contributed by atoms with E-state index < -0.39 is 0 Å². The van der Waals surface area contributed by atoms with E-state index in [0.29, 0.717) is 19.5 Å². The molecule has 0 fully saturated rings. The van der Waals surface area contributed by atoms with Gasteiger partial charge in [0.05, 0.1) is 30.4 Å². The van der Waals surface area contributed by atoms with Gasteiger partial charge in [-0.25, -0.2) is 4.52 Å². The minimum Gasteiger partial charge on any atom is -0.337 e. The topological polar surface area (TPSA) is 50.5 Å². The fourth-order valence-corrected chi connectivity index (χ4v) is 2.46. The van der Waals surface area contributed by atoms with Crippen molar-refractivity contribution in [3.8, 4) is 0 Å². The van der Waals surface area contributed by atoms with Gasteiger partial charge in [-0.2, -0.15) is 5.10 Å². The summed E-state index contributed by atoms with van der Waals surface area (Å²) in [7, 11) is 0. The number of nitrogens with zero attached hydrogens (tertiary/aromatic N) is 4. The van der Waals surface area contributed by atoms with Crippen LogP contribution in [-0.2, 0) is 17.8 Å². The Morgan fingerprint density at radius 3 is 2.86 bits per heavy atom. The molecule has 0 radical (unpaired) electrons. The first-order chi connectivity index (χ1) is 10.8. The van der Waals surface area contributed by atoms with E-state index in [-0.39, 0.29) is 5.91 Å². The fourth-order valence-electron chi connectivity index (χ4n) is 2.46. The van der Waals surface area contributed by atoms with E-state index in [1.165, 1.54) is 0 Å². The Kier molecular flexibility index (Phi) is 4.14. The second-order valence-corrected chi connectivity index (χ2v) is 5.11. The van der Waals surface area contributed by atoms with Crippen molar-refractivity contribution in [1.29, 1.82) is 0 Å². The number of aromatic nitrogens is 3. The number of amides is 1. The molecule has 0 aliphatic rings. The highest BCUT2D eigenvalue weighted by Crippen LogP contribution is 2.12. The summed E-state index contributed by atoms with van der Waals surface area (Å²) < 4.78 is 1.79. The van der Waals surface area contributed by atoms with Crippen LogP contribution in [0.4, 0.5) is 0 Å². The van der Waals surface area contributed by atoms with E-state index in [1.54, 1.807) is 16.9 Å². The molecule has 0 N–H and O–H groups in total. The molecule has 0 saturated carbocycles. The smallest absolute Gasteiger partial charge is 0.227 e. The molecule has 1 amide bonds. The van der Waals surface area contributed by atoms with Crippen LogP contribution in [0.3, 0.4) is 0 Å². The van der Waals surface area contributed by atoms with Crippen molar-refractivity contribution in [3.05, 3.63) is 66.2 Å². The predicted octanol–water partition coefficient (Wildman–Crippen LogP) is 2.32. The SMILES string of the molecule is CCN(Cc1ccccn1)C(=O)Cc1cnn2ccccc12. The number of fused-ring (bicyclic) bond motifs is 1. The van der Waals surface area contributed by atoms with E-state index in [1.807, 2.05) is 54.4 Å². The molecule has 0 aromatic carbocycles. The summed E-state index contributed by atoms with van der Waals surface area (Å²) in [6, 6.07) is 11.6. The summed E-state index contributed by atoms with van der Waals surface area (Å²) in [6.07, 6.45) is 5.75. The summed E-state index contributed by atoms with van der Waals surface area (Å²) in [6.45, 7) is 3.18. The van der Waals surface area contributed by atoms with Crippen LogP contribution in [-0.4, -0.2) is 31.9 Å². The van der Waals surface area contributed by atoms with Gasteiger partial charge < -0.3 is 4.90 Å². The monoisotopic (exact) mass is 294 g/mol. The van der Waals surface area contributed by atoms with Gasteiger partial charge in [0.25, 0.3) is 0 Å². The number of pyridine rings is 2. The Hall–Kier alpha value is -2.69. The van der Waals surface area contributed by atoms with Crippen molar-refractivity contribution in [2.24, 2.45) is 0 Å². The van der Waals surface area contributed by atoms with Crippen LogP contribution in [0, 0.1) is 0 Å². The maximum absolute atomic E-state index is 12.6. The summed E-state index contributed by atoms with van der Waals surface area (Å²) >= 11 is 0. The average Bonchev–Trinajstić information content (AvgIpc) is 2.97. The highest BCUT2D eigenvalue weighted by atomic mass is 16.2. The molecule has 5 heteroatoms. The standard InChI is InChI=1S/C17H18N4O/c1-2-20(13-15-7-3-5-9-18-15)17(22)11-14-12-19-21-10-6-4-8-16(14)21/h3-10,12H,2,11,13H2,1H3. The molecule has 0 atom stereocenters. The first-order valence-electron chi connectivity index (χ1n) is 7.37. The van der Waals surface area contributed by atoms with Crippen molar-refractivity contribution in [1.82, 2.24) is 19.5 Å². The zero-order valence-corrected chi connectivity index (χ0v) is 12.5. The Labute approximate surface area is 129 Å². The molecule has 5 nitrogen and oxygen atoms in total. The van der Waals surface area contributed by atoms with Crippen molar-refractivity contribution in [2.75, 3.05) is 6.54 Å². The molecule has 3 aromatic heterocycles. The molecule has 3 rings (SSSR count). The number of hydrogen-bond acceptors (Lipinski definition) is 3. The van der Waals surface area contributed by atoms with E-state index >= 15 is 0 Å². The van der Waals surface area contributed by atoms with E-state index in [2.05, 4.69) is 10.1 Å². The lowest BCUT2D eigenvalue weighted by atomic mass is 10.1. The van der Waals surface area contributed by atoms with Crippen LogP contribution in [0.5, 0.6) is 0 Å². The number of carbonyl (C=O) groups excluding carboxylic acids is 1. The molecule has 22 heavy (non-hydrogen) atoms. The average molecular weight is 294 g/mol. The van der Waals surface area contributed by atoms with Crippen LogP contribution < -0.4 is 0 Å². The van der Waals surface area contributed by atoms with Crippen molar-refractivity contribution in [3.63, 3.8) is 0 Å². The van der Waals surface area contributed by atoms with Crippen LogP contribution in [0.2, 0.25) is 0 Å². The lowest BCUT2D eigenvalue weighted by molar-refractivity contribution is -0.130. The van der Waals surface area contributed by atoms with Crippen LogP contribution >= 0.6 is 0 Å². The summed E-state index contributed by atoms with van der Waals surface area (Å²) in [4.78, 5) is 18.7. The first-order valence-corrected chi connectivity index (χ1v) is 7.37. The number of rotatable bonds is 5. The third-order valence-electron chi connectivity index (χ3n) is 3.66. The first kappa shape index (κ1) is 14.3. The fraction of sp³-hybridized carbons (Fsp3) is 0.235. The van der Waals surface area contributed by atoms with E-state index in [4.69, 9.17) is 0 Å². The summed E-state index contributed by atoms with van der Waals surface area (Å²) in [5, 5.41) is 4.27. The number of hydrogen-bond donors (Lipinski definition) is 0. The van der Waals surface area contributed by atoms with Gasteiger partial charge in [0.1, 0.15) is 0 Å². The van der Waals surface area contributed by atoms with Gasteiger partial charge in [-0.1, -0.05) is 12.1 Å². The Morgan fingerprint density at radius 1 is 1.23 bits per heavy atom.